The first kappa shape index (κ1) is 24.0. The van der Waals surface area contributed by atoms with Crippen molar-refractivity contribution in [1.29, 1.82) is 0 Å². The maximum Gasteiger partial charge on any atom is 0.224 e. The van der Waals surface area contributed by atoms with E-state index in [0.29, 0.717) is 26.9 Å². The minimum atomic E-state index is -0.819. The van der Waals surface area contributed by atoms with Gasteiger partial charge in [0.1, 0.15) is 0 Å². The Balaban J connectivity index is 1.78. The van der Waals surface area contributed by atoms with Crippen LogP contribution in [0.2, 0.25) is 10.0 Å². The molecule has 32 heavy (non-hydrogen) atoms. The van der Waals surface area contributed by atoms with Crippen LogP contribution in [0.25, 0.3) is 0 Å². The summed E-state index contributed by atoms with van der Waals surface area (Å²) in [6, 6.07) is 20.8. The number of carbonyl (C=O) groups excluding carboxylic acids is 2. The Labute approximate surface area is 204 Å². The van der Waals surface area contributed by atoms with E-state index in [0.717, 1.165) is 4.47 Å². The molecule has 1 amide bonds. The number of nitrogens with one attached hydrogen (secondary N) is 1. The molecule has 164 valence electrons. The molecule has 0 aliphatic carbocycles. The average Bonchev–Trinajstić information content (AvgIpc) is 2.79. The lowest BCUT2D eigenvalue weighted by Crippen LogP contribution is -2.24. The Hall–Kier alpha value is -2.67. The number of Topliss-reactive ketones (excluding diaryl/α,β-unsaturated/α-hetero) is 1. The van der Waals surface area contributed by atoms with Crippen LogP contribution in [0.1, 0.15) is 34.7 Å². The summed E-state index contributed by atoms with van der Waals surface area (Å²) in [7, 11) is 0. The predicted octanol–water partition coefficient (Wildman–Crippen LogP) is 6.97. The molecule has 0 aliphatic heterocycles. The number of nitrogens with zero attached hydrogens (tertiary/aromatic N) is 1. The normalized spacial score (nSPS) is 12.3. The van der Waals surface area contributed by atoms with Gasteiger partial charge in [0.05, 0.1) is 21.7 Å². The summed E-state index contributed by atoms with van der Waals surface area (Å²) in [6.07, 6.45) is 0.0993. The van der Waals surface area contributed by atoms with Crippen LogP contribution in [0.3, 0.4) is 0 Å². The van der Waals surface area contributed by atoms with Gasteiger partial charge in [0.25, 0.3) is 0 Å². The van der Waals surface area contributed by atoms with E-state index in [2.05, 4.69) is 26.4 Å². The molecule has 0 spiro atoms. The van der Waals surface area contributed by atoms with Crippen molar-refractivity contribution in [3.8, 4) is 0 Å². The van der Waals surface area contributed by atoms with Crippen LogP contribution in [-0.2, 0) is 4.79 Å². The first-order valence-corrected chi connectivity index (χ1v) is 11.2. The molecular formula is C24H19BrCl2N2O3. The molecule has 3 aromatic carbocycles. The van der Waals surface area contributed by atoms with E-state index in [-0.39, 0.29) is 30.2 Å². The van der Waals surface area contributed by atoms with Gasteiger partial charge in [-0.3, -0.25) is 9.59 Å². The number of benzene rings is 3. The minimum Gasteiger partial charge on any atom is -0.411 e. The topological polar surface area (TPSA) is 78.8 Å². The van der Waals surface area contributed by atoms with Gasteiger partial charge in [-0.25, -0.2) is 0 Å². The Bertz CT molecular complexity index is 1140. The van der Waals surface area contributed by atoms with Crippen LogP contribution < -0.4 is 5.32 Å². The number of halogens is 3. The highest BCUT2D eigenvalue weighted by atomic mass is 79.9. The van der Waals surface area contributed by atoms with Crippen LogP contribution in [0.4, 0.5) is 5.69 Å². The first-order chi connectivity index (χ1) is 15.4. The summed E-state index contributed by atoms with van der Waals surface area (Å²) in [5, 5.41) is 16.6. The van der Waals surface area contributed by atoms with Crippen LogP contribution in [0, 0.1) is 0 Å². The van der Waals surface area contributed by atoms with E-state index in [4.69, 9.17) is 23.2 Å². The fraction of sp³-hybridized carbons (Fsp3) is 0.125. The second-order valence-electron chi connectivity index (χ2n) is 6.98. The lowest BCUT2D eigenvalue weighted by atomic mass is 9.85. The van der Waals surface area contributed by atoms with Crippen molar-refractivity contribution >= 4 is 62.2 Å². The first-order valence-electron chi connectivity index (χ1n) is 9.69. The molecule has 3 aromatic rings. The van der Waals surface area contributed by atoms with E-state index >= 15 is 0 Å². The van der Waals surface area contributed by atoms with Crippen molar-refractivity contribution in [3.63, 3.8) is 0 Å². The van der Waals surface area contributed by atoms with Crippen LogP contribution >= 0.6 is 39.1 Å². The molecular weight excluding hydrogens is 515 g/mol. The summed E-state index contributed by atoms with van der Waals surface area (Å²) in [4.78, 5) is 25.8. The second kappa shape index (κ2) is 11.3. The zero-order valence-electron chi connectivity index (χ0n) is 16.8. The van der Waals surface area contributed by atoms with Crippen molar-refractivity contribution < 1.29 is 14.8 Å². The maximum atomic E-state index is 13.3. The fourth-order valence-electron chi connectivity index (χ4n) is 3.21. The number of amides is 1. The lowest BCUT2D eigenvalue weighted by molar-refractivity contribution is -0.116. The van der Waals surface area contributed by atoms with Gasteiger partial charge in [-0.05, 0) is 42.3 Å². The van der Waals surface area contributed by atoms with Crippen molar-refractivity contribution in [2.24, 2.45) is 5.16 Å². The third-order valence-corrected chi connectivity index (χ3v) is 6.06. The van der Waals surface area contributed by atoms with Gasteiger partial charge < -0.3 is 10.5 Å². The molecule has 0 radical (unpaired) electrons. The molecule has 3 rings (SSSR count). The molecule has 0 bridgehead atoms. The summed E-state index contributed by atoms with van der Waals surface area (Å²) >= 11 is 15.2. The number of oxime groups is 1. The molecule has 8 heteroatoms. The number of carbonyl (C=O) groups is 2. The number of rotatable bonds is 8. The molecule has 2 N–H and O–H groups in total. The van der Waals surface area contributed by atoms with Crippen molar-refractivity contribution in [2.75, 3.05) is 5.32 Å². The van der Waals surface area contributed by atoms with Gasteiger partial charge in [0.2, 0.25) is 5.91 Å². The zero-order valence-corrected chi connectivity index (χ0v) is 19.9. The quantitative estimate of drug-likeness (QED) is 0.142. The highest BCUT2D eigenvalue weighted by Crippen LogP contribution is 2.27. The van der Waals surface area contributed by atoms with Gasteiger partial charge in [-0.2, -0.15) is 0 Å². The van der Waals surface area contributed by atoms with Crippen molar-refractivity contribution in [3.05, 3.63) is 98.4 Å². The van der Waals surface area contributed by atoms with Crippen molar-refractivity contribution in [1.82, 2.24) is 0 Å². The third kappa shape index (κ3) is 6.19. The molecule has 1 unspecified atom stereocenters. The Morgan fingerprint density at radius 1 is 0.938 bits per heavy atom. The van der Waals surface area contributed by atoms with E-state index in [9.17, 15) is 14.8 Å². The van der Waals surface area contributed by atoms with E-state index in [1.165, 1.54) is 0 Å². The van der Waals surface area contributed by atoms with Crippen molar-refractivity contribution in [2.45, 2.75) is 18.8 Å². The fourth-order valence-corrected chi connectivity index (χ4v) is 3.77. The molecule has 0 saturated carbocycles. The smallest absolute Gasteiger partial charge is 0.224 e. The Morgan fingerprint density at radius 3 is 2.25 bits per heavy atom. The standard InChI is InChI=1S/C24H19BrCl2N2O3/c25-17-8-6-16(7-9-17)24(31)23(15-4-2-1-3-5-15)21(29-32)12-13-22(30)28-18-10-11-19(26)20(27)14-18/h1-11,14,23,32H,12-13H2,(H,28,30). The number of ketones is 1. The molecule has 0 aromatic heterocycles. The third-order valence-electron chi connectivity index (χ3n) is 4.80. The second-order valence-corrected chi connectivity index (χ2v) is 8.71. The van der Waals surface area contributed by atoms with E-state index < -0.39 is 5.92 Å². The number of anilines is 1. The molecule has 0 saturated heterocycles. The van der Waals surface area contributed by atoms with Gasteiger partial charge in [0.15, 0.2) is 5.78 Å². The molecule has 1 atom stereocenters. The lowest BCUT2D eigenvalue weighted by Gasteiger charge is -2.18. The largest absolute Gasteiger partial charge is 0.411 e. The highest BCUT2D eigenvalue weighted by Gasteiger charge is 2.28. The number of hydrogen-bond acceptors (Lipinski definition) is 4. The van der Waals surface area contributed by atoms with E-state index in [1.807, 2.05) is 18.2 Å². The van der Waals surface area contributed by atoms with Gasteiger partial charge in [0, 0.05) is 22.1 Å². The highest BCUT2D eigenvalue weighted by molar-refractivity contribution is 9.10. The van der Waals surface area contributed by atoms with Crippen LogP contribution in [-0.4, -0.2) is 22.6 Å². The molecule has 5 nitrogen and oxygen atoms in total. The predicted molar refractivity (Wildman–Crippen MR) is 131 cm³/mol. The zero-order chi connectivity index (χ0) is 23.1. The number of hydrogen-bond donors (Lipinski definition) is 2. The molecule has 0 heterocycles. The monoisotopic (exact) mass is 532 g/mol. The molecule has 0 aliphatic rings. The van der Waals surface area contributed by atoms with E-state index in [1.54, 1.807) is 54.6 Å². The minimum absolute atomic E-state index is 0.0105. The van der Waals surface area contributed by atoms with Crippen LogP contribution in [0.15, 0.2) is 82.4 Å². The summed E-state index contributed by atoms with van der Waals surface area (Å²) in [5.74, 6) is -1.35. The Morgan fingerprint density at radius 2 is 1.62 bits per heavy atom. The average molecular weight is 534 g/mol. The van der Waals surface area contributed by atoms with Gasteiger partial charge in [-0.15, -0.1) is 0 Å². The maximum absolute atomic E-state index is 13.3. The van der Waals surface area contributed by atoms with Gasteiger partial charge >= 0.3 is 0 Å². The summed E-state index contributed by atoms with van der Waals surface area (Å²) < 4.78 is 0.848. The Kier molecular flexibility index (Phi) is 8.45. The van der Waals surface area contributed by atoms with Gasteiger partial charge in [-0.1, -0.05) is 86.8 Å². The summed E-state index contributed by atoms with van der Waals surface area (Å²) in [6.45, 7) is 0. The van der Waals surface area contributed by atoms with Crippen LogP contribution in [0.5, 0.6) is 0 Å². The molecule has 0 fully saturated rings. The summed E-state index contributed by atoms with van der Waals surface area (Å²) in [5.41, 5.74) is 1.85. The SMILES string of the molecule is O=C(CCC(=NO)C(C(=O)c1ccc(Br)cc1)c1ccccc1)Nc1ccc(Cl)c(Cl)c1.